The smallest absolute Gasteiger partial charge is 0.312 e. The van der Waals surface area contributed by atoms with Gasteiger partial charge in [-0.3, -0.25) is 19.0 Å². The van der Waals surface area contributed by atoms with E-state index in [1.165, 1.54) is 29.2 Å². The van der Waals surface area contributed by atoms with E-state index in [0.717, 1.165) is 15.3 Å². The van der Waals surface area contributed by atoms with Crippen LogP contribution >= 0.6 is 11.3 Å². The van der Waals surface area contributed by atoms with Gasteiger partial charge >= 0.3 is 5.97 Å². The number of rotatable bonds is 5. The van der Waals surface area contributed by atoms with Crippen LogP contribution in [0.15, 0.2) is 35.4 Å². The molecule has 0 atom stereocenters. The second kappa shape index (κ2) is 7.21. The number of aromatic nitrogens is 2. The van der Waals surface area contributed by atoms with Crippen LogP contribution in [-0.2, 0) is 11.3 Å². The maximum absolute atomic E-state index is 12.6. The zero-order valence-corrected chi connectivity index (χ0v) is 15.6. The van der Waals surface area contributed by atoms with E-state index < -0.39 is 5.97 Å². The Labute approximate surface area is 154 Å². The summed E-state index contributed by atoms with van der Waals surface area (Å²) in [6.07, 6.45) is 1.51. The van der Waals surface area contributed by atoms with Crippen molar-refractivity contribution in [2.75, 3.05) is 0 Å². The summed E-state index contributed by atoms with van der Waals surface area (Å²) >= 11 is 1.49. The predicted molar refractivity (Wildman–Crippen MR) is 100 cm³/mol. The molecule has 3 aromatic rings. The molecule has 0 amide bonds. The monoisotopic (exact) mass is 370 g/mol. The van der Waals surface area contributed by atoms with Crippen LogP contribution in [0, 0.1) is 13.8 Å². The molecule has 0 unspecified atom stereocenters. The van der Waals surface area contributed by atoms with E-state index in [9.17, 15) is 14.4 Å². The van der Waals surface area contributed by atoms with Crippen molar-refractivity contribution < 1.29 is 14.3 Å². The maximum atomic E-state index is 12.6. The fourth-order valence-corrected chi connectivity index (χ4v) is 3.57. The molecule has 0 aliphatic heterocycles. The molecule has 0 saturated heterocycles. The number of hydrogen-bond acceptors (Lipinski definition) is 6. The quantitative estimate of drug-likeness (QED) is 0.391. The topological polar surface area (TPSA) is 78.3 Å². The first-order chi connectivity index (χ1) is 12.4. The molecule has 0 N–H and O–H groups in total. The normalized spacial score (nSPS) is 10.9. The van der Waals surface area contributed by atoms with E-state index in [-0.39, 0.29) is 24.3 Å². The molecule has 134 valence electrons. The van der Waals surface area contributed by atoms with Crippen molar-refractivity contribution in [1.29, 1.82) is 0 Å². The van der Waals surface area contributed by atoms with Crippen LogP contribution in [0.5, 0.6) is 5.75 Å². The van der Waals surface area contributed by atoms with E-state index >= 15 is 0 Å². The Bertz CT molecular complexity index is 1050. The molecule has 0 saturated carbocycles. The van der Waals surface area contributed by atoms with Gasteiger partial charge in [0.1, 0.15) is 10.6 Å². The first kappa shape index (κ1) is 18.0. The summed E-state index contributed by atoms with van der Waals surface area (Å²) < 4.78 is 6.67. The molecule has 2 aromatic heterocycles. The highest BCUT2D eigenvalue weighted by atomic mass is 32.1. The van der Waals surface area contributed by atoms with Crippen molar-refractivity contribution >= 4 is 33.3 Å². The SMILES string of the molecule is CC(=O)c1ccc(OC(=O)CCn2cnc3sc(C)c(C)c3c2=O)cc1. The number of nitrogens with zero attached hydrogens (tertiary/aromatic N) is 2. The van der Waals surface area contributed by atoms with Gasteiger partial charge in [0.25, 0.3) is 5.56 Å². The van der Waals surface area contributed by atoms with Crippen LogP contribution in [-0.4, -0.2) is 21.3 Å². The van der Waals surface area contributed by atoms with Crippen molar-refractivity contribution in [1.82, 2.24) is 9.55 Å². The van der Waals surface area contributed by atoms with E-state index in [4.69, 9.17) is 4.74 Å². The van der Waals surface area contributed by atoms with Gasteiger partial charge in [-0.15, -0.1) is 11.3 Å². The third-order valence-electron chi connectivity index (χ3n) is 4.21. The highest BCUT2D eigenvalue weighted by molar-refractivity contribution is 7.18. The molecule has 0 aliphatic carbocycles. The van der Waals surface area contributed by atoms with Crippen molar-refractivity contribution in [2.45, 2.75) is 33.7 Å². The number of Topliss-reactive ketones (excluding diaryl/α,β-unsaturated/α-hetero) is 1. The first-order valence-electron chi connectivity index (χ1n) is 8.13. The molecule has 26 heavy (non-hydrogen) atoms. The number of carbonyl (C=O) groups is 2. The minimum absolute atomic E-state index is 0.0454. The highest BCUT2D eigenvalue weighted by Gasteiger charge is 2.13. The lowest BCUT2D eigenvalue weighted by molar-refractivity contribution is -0.134. The fraction of sp³-hybridized carbons (Fsp3) is 0.263. The van der Waals surface area contributed by atoms with Gasteiger partial charge < -0.3 is 4.74 Å². The zero-order valence-electron chi connectivity index (χ0n) is 14.7. The highest BCUT2D eigenvalue weighted by Crippen LogP contribution is 2.25. The lowest BCUT2D eigenvalue weighted by atomic mass is 10.1. The average molecular weight is 370 g/mol. The summed E-state index contributed by atoms with van der Waals surface area (Å²) in [7, 11) is 0. The minimum atomic E-state index is -0.453. The number of benzene rings is 1. The van der Waals surface area contributed by atoms with Crippen LogP contribution < -0.4 is 10.3 Å². The second-order valence-corrected chi connectivity index (χ2v) is 7.21. The molecule has 7 heteroatoms. The van der Waals surface area contributed by atoms with E-state index in [0.29, 0.717) is 16.7 Å². The molecular formula is C19H18N2O4S. The van der Waals surface area contributed by atoms with Crippen molar-refractivity contribution in [2.24, 2.45) is 0 Å². The standard InChI is InChI=1S/C19H18N2O4S/c1-11-13(3)26-18-17(11)19(24)21(10-20-18)9-8-16(23)25-15-6-4-14(5-7-15)12(2)22/h4-7,10H,8-9H2,1-3H3. The van der Waals surface area contributed by atoms with E-state index in [2.05, 4.69) is 4.98 Å². The third-order valence-corrected chi connectivity index (χ3v) is 5.32. The minimum Gasteiger partial charge on any atom is -0.426 e. The number of aryl methyl sites for hydroxylation is 3. The van der Waals surface area contributed by atoms with Gasteiger partial charge in [-0.2, -0.15) is 0 Å². The van der Waals surface area contributed by atoms with Gasteiger partial charge in [0.05, 0.1) is 18.1 Å². The molecule has 0 bridgehead atoms. The Kier molecular flexibility index (Phi) is 4.99. The molecule has 0 fully saturated rings. The number of thiophene rings is 1. The first-order valence-corrected chi connectivity index (χ1v) is 8.95. The summed E-state index contributed by atoms with van der Waals surface area (Å²) in [6, 6.07) is 6.36. The number of hydrogen-bond donors (Lipinski definition) is 0. The largest absolute Gasteiger partial charge is 0.426 e. The maximum Gasteiger partial charge on any atom is 0.312 e. The number of carbonyl (C=O) groups excluding carboxylic acids is 2. The summed E-state index contributed by atoms with van der Waals surface area (Å²) in [6.45, 7) is 5.53. The number of esters is 1. The number of ketones is 1. The Morgan fingerprint density at radius 2 is 1.88 bits per heavy atom. The molecule has 0 spiro atoms. The van der Waals surface area contributed by atoms with Crippen LogP contribution in [0.3, 0.4) is 0 Å². The van der Waals surface area contributed by atoms with E-state index in [1.54, 1.807) is 24.3 Å². The van der Waals surface area contributed by atoms with Crippen LogP contribution in [0.4, 0.5) is 0 Å². The van der Waals surface area contributed by atoms with Gasteiger partial charge in [-0.25, -0.2) is 4.98 Å². The molecule has 6 nitrogen and oxygen atoms in total. The summed E-state index contributed by atoms with van der Waals surface area (Å²) in [5, 5.41) is 0.614. The van der Waals surface area contributed by atoms with E-state index in [1.807, 2.05) is 13.8 Å². The van der Waals surface area contributed by atoms with Crippen molar-refractivity contribution in [3.05, 3.63) is 57.0 Å². The molecule has 0 radical (unpaired) electrons. The van der Waals surface area contributed by atoms with Gasteiger partial charge in [0.15, 0.2) is 5.78 Å². The summed E-state index contributed by atoms with van der Waals surface area (Å²) in [5.74, 6) is -0.139. The van der Waals surface area contributed by atoms with Crippen LogP contribution in [0.1, 0.15) is 34.1 Å². The number of fused-ring (bicyclic) bond motifs is 1. The van der Waals surface area contributed by atoms with Crippen LogP contribution in [0.25, 0.3) is 10.2 Å². The Morgan fingerprint density at radius 1 is 1.19 bits per heavy atom. The molecule has 2 heterocycles. The summed E-state index contributed by atoms with van der Waals surface area (Å²) in [4.78, 5) is 41.9. The molecular weight excluding hydrogens is 352 g/mol. The molecule has 0 aliphatic rings. The average Bonchev–Trinajstić information content (AvgIpc) is 2.90. The zero-order chi connectivity index (χ0) is 18.8. The van der Waals surface area contributed by atoms with Crippen molar-refractivity contribution in [3.8, 4) is 5.75 Å². The van der Waals surface area contributed by atoms with Gasteiger partial charge in [0, 0.05) is 17.0 Å². The Hall–Kier alpha value is -2.80. The molecule has 3 rings (SSSR count). The predicted octanol–water partition coefficient (Wildman–Crippen LogP) is 3.27. The number of ether oxygens (including phenoxy) is 1. The fourth-order valence-electron chi connectivity index (χ4n) is 2.58. The van der Waals surface area contributed by atoms with Crippen LogP contribution in [0.2, 0.25) is 0 Å². The Balaban J connectivity index is 1.69. The van der Waals surface area contributed by atoms with Gasteiger partial charge in [-0.05, 0) is 50.6 Å². The molecule has 1 aromatic carbocycles. The lowest BCUT2D eigenvalue weighted by Gasteiger charge is -2.07. The third kappa shape index (κ3) is 3.57. The summed E-state index contributed by atoms with van der Waals surface area (Å²) in [5.41, 5.74) is 1.35. The van der Waals surface area contributed by atoms with Gasteiger partial charge in [0.2, 0.25) is 0 Å². The Morgan fingerprint density at radius 3 is 2.54 bits per heavy atom. The lowest BCUT2D eigenvalue weighted by Crippen LogP contribution is -2.23. The van der Waals surface area contributed by atoms with Gasteiger partial charge in [-0.1, -0.05) is 0 Å². The van der Waals surface area contributed by atoms with Crippen molar-refractivity contribution in [3.63, 3.8) is 0 Å². The second-order valence-electron chi connectivity index (χ2n) is 6.01.